The van der Waals surface area contributed by atoms with Gasteiger partial charge in [0.1, 0.15) is 10.8 Å². The lowest BCUT2D eigenvalue weighted by molar-refractivity contribution is -0.116. The monoisotopic (exact) mass is 319 g/mol. The summed E-state index contributed by atoms with van der Waals surface area (Å²) < 4.78 is 5.59. The lowest BCUT2D eigenvalue weighted by atomic mass is 10.2. The molecule has 0 saturated carbocycles. The molecule has 0 saturated heterocycles. The van der Waals surface area contributed by atoms with Gasteiger partial charge < -0.3 is 10.1 Å². The molecule has 2 aromatic rings. The van der Waals surface area contributed by atoms with Gasteiger partial charge in [0, 0.05) is 12.8 Å². The summed E-state index contributed by atoms with van der Waals surface area (Å²) in [6.45, 7) is 4.65. The van der Waals surface area contributed by atoms with E-state index in [9.17, 15) is 4.79 Å². The first-order valence-corrected chi connectivity index (χ1v) is 8.30. The molecule has 0 aliphatic carbocycles. The number of nitrogens with zero attached hydrogens (tertiary/aromatic N) is 2. The number of benzene rings is 1. The fourth-order valence-electron chi connectivity index (χ4n) is 1.86. The number of anilines is 1. The van der Waals surface area contributed by atoms with E-state index in [1.807, 2.05) is 31.2 Å². The van der Waals surface area contributed by atoms with Gasteiger partial charge in [-0.3, -0.25) is 4.79 Å². The zero-order valence-electron chi connectivity index (χ0n) is 13.0. The van der Waals surface area contributed by atoms with E-state index in [1.165, 1.54) is 16.9 Å². The second-order valence-electron chi connectivity index (χ2n) is 5.06. The number of aromatic nitrogens is 2. The fourth-order valence-corrected chi connectivity index (χ4v) is 2.72. The average Bonchev–Trinajstić information content (AvgIpc) is 2.93. The topological polar surface area (TPSA) is 64.1 Å². The number of hydrogen-bond donors (Lipinski definition) is 1. The van der Waals surface area contributed by atoms with E-state index in [0.717, 1.165) is 23.6 Å². The number of amides is 1. The Bertz CT molecular complexity index is 596. The minimum Gasteiger partial charge on any atom is -0.494 e. The fraction of sp³-hybridized carbons (Fsp3) is 0.438. The summed E-state index contributed by atoms with van der Waals surface area (Å²) in [5.74, 6) is 0.783. The highest BCUT2D eigenvalue weighted by molar-refractivity contribution is 7.15. The van der Waals surface area contributed by atoms with Crippen LogP contribution in [0.15, 0.2) is 24.3 Å². The van der Waals surface area contributed by atoms with Crippen LogP contribution < -0.4 is 10.1 Å². The van der Waals surface area contributed by atoms with Crippen LogP contribution in [0.5, 0.6) is 5.75 Å². The Hall–Kier alpha value is -1.95. The summed E-state index contributed by atoms with van der Waals surface area (Å²) in [7, 11) is 0. The third kappa shape index (κ3) is 5.44. The van der Waals surface area contributed by atoms with Crippen molar-refractivity contribution in [2.45, 2.75) is 39.5 Å². The smallest absolute Gasteiger partial charge is 0.226 e. The largest absolute Gasteiger partial charge is 0.494 e. The second kappa shape index (κ2) is 8.48. The van der Waals surface area contributed by atoms with Gasteiger partial charge in [0.15, 0.2) is 0 Å². The first kappa shape index (κ1) is 16.4. The van der Waals surface area contributed by atoms with Crippen LogP contribution in [0.4, 0.5) is 5.13 Å². The number of carbonyl (C=O) groups is 1. The van der Waals surface area contributed by atoms with Gasteiger partial charge in [-0.25, -0.2) is 0 Å². The third-order valence-corrected chi connectivity index (χ3v) is 3.91. The predicted octanol–water partition coefficient (Wildman–Crippen LogP) is 3.60. The van der Waals surface area contributed by atoms with Crippen molar-refractivity contribution in [2.24, 2.45) is 0 Å². The van der Waals surface area contributed by atoms with E-state index < -0.39 is 0 Å². The van der Waals surface area contributed by atoms with Gasteiger partial charge >= 0.3 is 0 Å². The summed E-state index contributed by atoms with van der Waals surface area (Å²) in [5, 5.41) is 12.3. The van der Waals surface area contributed by atoms with Crippen molar-refractivity contribution in [3.05, 3.63) is 34.8 Å². The Morgan fingerprint density at radius 2 is 2.05 bits per heavy atom. The van der Waals surface area contributed by atoms with Crippen LogP contribution in [0.2, 0.25) is 0 Å². The Morgan fingerprint density at radius 3 is 2.77 bits per heavy atom. The summed E-state index contributed by atoms with van der Waals surface area (Å²) >= 11 is 1.44. The van der Waals surface area contributed by atoms with Crippen LogP contribution in [0.25, 0.3) is 0 Å². The number of hydrogen-bond acceptors (Lipinski definition) is 5. The zero-order chi connectivity index (χ0) is 15.8. The highest BCUT2D eigenvalue weighted by Gasteiger charge is 2.07. The molecule has 6 heteroatoms. The van der Waals surface area contributed by atoms with E-state index >= 15 is 0 Å². The standard InChI is InChI=1S/C16H21N3O2S/c1-3-5-15-18-19-16(22-15)17-14(20)6-4-11-21-13-9-7-12(2)8-10-13/h7-10H,3-6,11H2,1-2H3,(H,17,19,20). The SMILES string of the molecule is CCCc1nnc(NC(=O)CCCOc2ccc(C)cc2)s1. The molecule has 1 aromatic carbocycles. The molecule has 1 heterocycles. The minimum atomic E-state index is -0.0493. The molecular weight excluding hydrogens is 298 g/mol. The van der Waals surface area contributed by atoms with Crippen molar-refractivity contribution >= 4 is 22.4 Å². The predicted molar refractivity (Wildman–Crippen MR) is 88.4 cm³/mol. The summed E-state index contributed by atoms with van der Waals surface area (Å²) in [5.41, 5.74) is 1.20. The molecule has 0 aliphatic heterocycles. The first-order valence-electron chi connectivity index (χ1n) is 7.49. The lowest BCUT2D eigenvalue weighted by Gasteiger charge is -2.06. The van der Waals surface area contributed by atoms with Crippen molar-refractivity contribution in [1.82, 2.24) is 10.2 Å². The molecule has 0 unspecified atom stereocenters. The average molecular weight is 319 g/mol. The van der Waals surface area contributed by atoms with E-state index in [1.54, 1.807) is 0 Å². The Balaban J connectivity index is 1.65. The molecule has 118 valence electrons. The van der Waals surface area contributed by atoms with Crippen molar-refractivity contribution in [3.8, 4) is 5.75 Å². The maximum Gasteiger partial charge on any atom is 0.226 e. The van der Waals surface area contributed by atoms with E-state index in [2.05, 4.69) is 22.4 Å². The van der Waals surface area contributed by atoms with Crippen LogP contribution in [0.3, 0.4) is 0 Å². The van der Waals surface area contributed by atoms with Gasteiger partial charge in [-0.1, -0.05) is 36.0 Å². The lowest BCUT2D eigenvalue weighted by Crippen LogP contribution is -2.12. The van der Waals surface area contributed by atoms with Crippen LogP contribution >= 0.6 is 11.3 Å². The van der Waals surface area contributed by atoms with Crippen molar-refractivity contribution < 1.29 is 9.53 Å². The number of nitrogens with one attached hydrogen (secondary N) is 1. The molecule has 1 amide bonds. The van der Waals surface area contributed by atoms with Gasteiger partial charge in [0.05, 0.1) is 6.61 Å². The van der Waals surface area contributed by atoms with Crippen LogP contribution in [0, 0.1) is 6.92 Å². The molecule has 0 radical (unpaired) electrons. The second-order valence-corrected chi connectivity index (χ2v) is 6.13. The van der Waals surface area contributed by atoms with Crippen molar-refractivity contribution in [2.75, 3.05) is 11.9 Å². The van der Waals surface area contributed by atoms with Gasteiger partial charge in [-0.2, -0.15) is 0 Å². The molecule has 2 rings (SSSR count). The maximum atomic E-state index is 11.8. The van der Waals surface area contributed by atoms with Crippen molar-refractivity contribution in [1.29, 1.82) is 0 Å². The molecule has 0 aliphatic rings. The van der Waals surface area contributed by atoms with Gasteiger partial charge in [0.25, 0.3) is 0 Å². The van der Waals surface area contributed by atoms with Gasteiger partial charge in [-0.05, 0) is 31.9 Å². The Labute approximate surface area is 134 Å². The molecular formula is C16H21N3O2S. The highest BCUT2D eigenvalue weighted by Crippen LogP contribution is 2.17. The molecule has 0 spiro atoms. The molecule has 0 atom stereocenters. The molecule has 22 heavy (non-hydrogen) atoms. The van der Waals surface area contributed by atoms with Crippen LogP contribution in [0.1, 0.15) is 36.8 Å². The van der Waals surface area contributed by atoms with E-state index in [0.29, 0.717) is 24.6 Å². The molecule has 1 aromatic heterocycles. The molecule has 1 N–H and O–H groups in total. The quantitative estimate of drug-likeness (QED) is 0.755. The first-order chi connectivity index (χ1) is 10.7. The number of aryl methyl sites for hydroxylation is 2. The maximum absolute atomic E-state index is 11.8. The normalized spacial score (nSPS) is 10.5. The number of rotatable bonds is 8. The number of carbonyl (C=O) groups excluding carboxylic acids is 1. The Kier molecular flexibility index (Phi) is 6.33. The van der Waals surface area contributed by atoms with Crippen LogP contribution in [-0.4, -0.2) is 22.7 Å². The van der Waals surface area contributed by atoms with Gasteiger partial charge in [-0.15, -0.1) is 10.2 Å². The summed E-state index contributed by atoms with van der Waals surface area (Å²) in [6, 6.07) is 7.88. The Morgan fingerprint density at radius 1 is 1.27 bits per heavy atom. The van der Waals surface area contributed by atoms with E-state index in [-0.39, 0.29) is 5.91 Å². The van der Waals surface area contributed by atoms with Gasteiger partial charge in [0.2, 0.25) is 11.0 Å². The molecule has 5 nitrogen and oxygen atoms in total. The highest BCUT2D eigenvalue weighted by atomic mass is 32.1. The van der Waals surface area contributed by atoms with E-state index in [4.69, 9.17) is 4.74 Å². The van der Waals surface area contributed by atoms with Crippen LogP contribution in [-0.2, 0) is 11.2 Å². The summed E-state index contributed by atoms with van der Waals surface area (Å²) in [4.78, 5) is 11.8. The summed E-state index contributed by atoms with van der Waals surface area (Å²) in [6.07, 6.45) is 3.01. The molecule has 0 fully saturated rings. The van der Waals surface area contributed by atoms with Crippen molar-refractivity contribution in [3.63, 3.8) is 0 Å². The third-order valence-electron chi connectivity index (χ3n) is 3.01. The number of ether oxygens (including phenoxy) is 1. The molecule has 0 bridgehead atoms. The zero-order valence-corrected chi connectivity index (χ0v) is 13.8. The minimum absolute atomic E-state index is 0.0493.